The van der Waals surface area contributed by atoms with E-state index in [9.17, 15) is 0 Å². The zero-order valence-corrected chi connectivity index (χ0v) is 25.6. The average molecular weight is 538 g/mol. The van der Waals surface area contributed by atoms with Crippen LogP contribution in [0.4, 0.5) is 0 Å². The summed E-state index contributed by atoms with van der Waals surface area (Å²) in [4.78, 5) is 0. The van der Waals surface area contributed by atoms with Gasteiger partial charge >= 0.3 is 0 Å². The van der Waals surface area contributed by atoms with E-state index < -0.39 is 8.24 Å². The maximum Gasteiger partial charge on any atom is 0.257 e. The van der Waals surface area contributed by atoms with Crippen LogP contribution in [0.1, 0.15) is 52.7 Å². The van der Waals surface area contributed by atoms with Crippen LogP contribution in [0.2, 0.25) is 0 Å². The second kappa shape index (κ2) is 9.64. The van der Waals surface area contributed by atoms with Crippen LogP contribution in [-0.4, -0.2) is 12.5 Å². The second-order valence-electron chi connectivity index (χ2n) is 13.1. The van der Waals surface area contributed by atoms with Gasteiger partial charge in [0.1, 0.15) is 0 Å². The summed E-state index contributed by atoms with van der Waals surface area (Å²) >= 11 is 0. The Hall–Kier alpha value is -3.88. The first-order valence-electron chi connectivity index (χ1n) is 14.4. The fourth-order valence-corrected chi connectivity index (χ4v) is 11.2. The number of aromatic nitrogens is 1. The van der Waals surface area contributed by atoms with Crippen molar-refractivity contribution >= 4 is 45.6 Å². The lowest BCUT2D eigenvalue weighted by atomic mass is 9.85. The van der Waals surface area contributed by atoms with E-state index in [4.69, 9.17) is 0 Å². The van der Waals surface area contributed by atoms with Gasteiger partial charge in [-0.05, 0) is 61.8 Å². The summed E-state index contributed by atoms with van der Waals surface area (Å²) in [7, 11) is -2.79. The zero-order chi connectivity index (χ0) is 28.1. The van der Waals surface area contributed by atoms with Gasteiger partial charge in [-0.25, -0.2) is 0 Å². The van der Waals surface area contributed by atoms with Crippen LogP contribution in [0, 0.1) is 0 Å². The third-order valence-electron chi connectivity index (χ3n) is 8.41. The van der Waals surface area contributed by atoms with E-state index in [2.05, 4.69) is 173 Å². The number of fused-ring (bicyclic) bond motifs is 3. The molecule has 6 aromatic rings. The van der Waals surface area contributed by atoms with Crippen LogP contribution in [0.5, 0.6) is 0 Å². The minimum atomic E-state index is -2.79. The molecule has 200 valence electrons. The Morgan fingerprint density at radius 1 is 0.425 bits per heavy atom. The van der Waals surface area contributed by atoms with Crippen molar-refractivity contribution in [1.29, 1.82) is 0 Å². The molecule has 1 heterocycles. The monoisotopic (exact) mass is 537 g/mol. The van der Waals surface area contributed by atoms with Gasteiger partial charge in [0.05, 0.1) is 0 Å². The summed E-state index contributed by atoms with van der Waals surface area (Å²) < 4.78 is 2.75. The molecule has 40 heavy (non-hydrogen) atoms. The normalized spacial score (nSPS) is 12.8. The summed E-state index contributed by atoms with van der Waals surface area (Å²) in [5, 5.41) is 6.82. The molecule has 5 aromatic carbocycles. The van der Waals surface area contributed by atoms with Crippen LogP contribution < -0.4 is 15.6 Å². The van der Waals surface area contributed by atoms with Crippen molar-refractivity contribution in [2.75, 3.05) is 0 Å². The third-order valence-corrected chi connectivity index (χ3v) is 13.1. The fourth-order valence-electron chi connectivity index (χ4n) is 6.24. The van der Waals surface area contributed by atoms with Crippen LogP contribution in [0.3, 0.4) is 0 Å². The quantitative estimate of drug-likeness (QED) is 0.159. The number of rotatable bonds is 4. The van der Waals surface area contributed by atoms with Crippen molar-refractivity contribution in [3.05, 3.63) is 139 Å². The highest BCUT2D eigenvalue weighted by molar-refractivity contribution is 7.11. The highest BCUT2D eigenvalue weighted by Crippen LogP contribution is 2.37. The summed E-state index contributed by atoms with van der Waals surface area (Å²) in [5.41, 5.74) is 5.47. The maximum absolute atomic E-state index is 2.79. The summed E-state index contributed by atoms with van der Waals surface area (Å²) in [6.45, 7) is 13.9. The Morgan fingerprint density at radius 2 is 0.750 bits per heavy atom. The third kappa shape index (κ3) is 4.22. The Labute approximate surface area is 240 Å². The Kier molecular flexibility index (Phi) is 6.35. The van der Waals surface area contributed by atoms with Gasteiger partial charge in [0.15, 0.2) is 0 Å². The van der Waals surface area contributed by atoms with E-state index in [1.165, 1.54) is 48.5 Å². The minimum absolute atomic E-state index is 0.0665. The molecule has 0 saturated heterocycles. The SMILES string of the molecule is CC(C)(C)c1ccc2c(c1)c1cc(C(C)(C)C)ccc1n2[Si](c1ccccc1)(c1ccccc1)c1ccccc1. The molecule has 0 saturated carbocycles. The molecule has 1 nitrogen and oxygen atoms in total. The molecule has 0 N–H and O–H groups in total. The fraction of sp³-hybridized carbons (Fsp3) is 0.211. The van der Waals surface area contributed by atoms with Crippen LogP contribution >= 0.6 is 0 Å². The molecule has 0 fully saturated rings. The standard InChI is InChI=1S/C38H39NSi/c1-37(2,3)28-22-24-35-33(26-28)34-27-29(38(4,5)6)23-25-36(34)39(35)40(30-16-10-7-11-17-30,31-18-12-8-13-19-31)32-20-14-9-15-21-32/h7-27H,1-6H3. The predicted molar refractivity (Wildman–Crippen MR) is 176 cm³/mol. The van der Waals surface area contributed by atoms with E-state index in [0.29, 0.717) is 0 Å². The highest BCUT2D eigenvalue weighted by Gasteiger charge is 2.44. The number of hydrogen-bond acceptors (Lipinski definition) is 0. The Morgan fingerprint density at radius 3 is 1.05 bits per heavy atom. The lowest BCUT2D eigenvalue weighted by molar-refractivity contribution is 0.590. The van der Waals surface area contributed by atoms with E-state index in [-0.39, 0.29) is 10.8 Å². The highest BCUT2D eigenvalue weighted by atomic mass is 28.3. The summed E-state index contributed by atoms with van der Waals surface area (Å²) in [6.07, 6.45) is 0. The van der Waals surface area contributed by atoms with Crippen molar-refractivity contribution < 1.29 is 0 Å². The summed E-state index contributed by atoms with van der Waals surface area (Å²) in [5.74, 6) is 0. The molecule has 0 radical (unpaired) electrons. The first-order valence-corrected chi connectivity index (χ1v) is 16.3. The molecule has 0 unspecified atom stereocenters. The molecule has 0 atom stereocenters. The molecule has 0 amide bonds. The van der Waals surface area contributed by atoms with Gasteiger partial charge in [0.2, 0.25) is 0 Å². The van der Waals surface area contributed by atoms with Crippen molar-refractivity contribution in [3.63, 3.8) is 0 Å². The minimum Gasteiger partial charge on any atom is -0.355 e. The van der Waals surface area contributed by atoms with Gasteiger partial charge in [-0.1, -0.05) is 145 Å². The Bertz CT molecular complexity index is 1620. The zero-order valence-electron chi connectivity index (χ0n) is 24.6. The van der Waals surface area contributed by atoms with Crippen LogP contribution in [0.25, 0.3) is 21.8 Å². The second-order valence-corrected chi connectivity index (χ2v) is 16.7. The van der Waals surface area contributed by atoms with Crippen molar-refractivity contribution in [2.45, 2.75) is 52.4 Å². The number of hydrogen-bond donors (Lipinski definition) is 0. The molecule has 1 aromatic heterocycles. The largest absolute Gasteiger partial charge is 0.355 e. The molecular formula is C38H39NSi. The van der Waals surface area contributed by atoms with Gasteiger partial charge in [-0.3, -0.25) is 0 Å². The van der Waals surface area contributed by atoms with Crippen LogP contribution in [-0.2, 0) is 10.8 Å². The molecule has 0 spiro atoms. The van der Waals surface area contributed by atoms with Crippen molar-refractivity contribution in [1.82, 2.24) is 4.23 Å². The van der Waals surface area contributed by atoms with Gasteiger partial charge in [-0.2, -0.15) is 0 Å². The molecular weight excluding hydrogens is 499 g/mol. The van der Waals surface area contributed by atoms with E-state index in [0.717, 1.165) is 0 Å². The van der Waals surface area contributed by atoms with Crippen molar-refractivity contribution in [2.24, 2.45) is 0 Å². The van der Waals surface area contributed by atoms with Gasteiger partial charge in [-0.15, -0.1) is 0 Å². The molecule has 0 aliphatic heterocycles. The first-order chi connectivity index (χ1) is 19.1. The van der Waals surface area contributed by atoms with E-state index in [1.54, 1.807) is 0 Å². The van der Waals surface area contributed by atoms with Gasteiger partial charge in [0.25, 0.3) is 8.24 Å². The molecule has 2 heteroatoms. The summed E-state index contributed by atoms with van der Waals surface area (Å²) in [6, 6.07) is 48.1. The van der Waals surface area contributed by atoms with E-state index in [1.807, 2.05) is 0 Å². The topological polar surface area (TPSA) is 4.93 Å². The van der Waals surface area contributed by atoms with Gasteiger partial charge < -0.3 is 4.23 Å². The molecule has 6 rings (SSSR count). The van der Waals surface area contributed by atoms with Crippen LogP contribution in [0.15, 0.2) is 127 Å². The lowest BCUT2D eigenvalue weighted by Crippen LogP contribution is -2.72. The molecule has 0 aliphatic rings. The molecule has 0 bridgehead atoms. The average Bonchev–Trinajstić information content (AvgIpc) is 3.28. The first kappa shape index (κ1) is 26.3. The Balaban J connectivity index is 1.86. The van der Waals surface area contributed by atoms with Gasteiger partial charge in [0, 0.05) is 21.8 Å². The number of nitrogens with zero attached hydrogens (tertiary/aromatic N) is 1. The smallest absolute Gasteiger partial charge is 0.257 e. The maximum atomic E-state index is 2.75. The van der Waals surface area contributed by atoms with E-state index >= 15 is 0 Å². The lowest BCUT2D eigenvalue weighted by Gasteiger charge is -2.36. The molecule has 0 aliphatic carbocycles. The van der Waals surface area contributed by atoms with Crippen molar-refractivity contribution in [3.8, 4) is 0 Å². The number of benzene rings is 5. The predicted octanol–water partition coefficient (Wildman–Crippen LogP) is 7.90.